The zero-order chi connectivity index (χ0) is 17.3. The Morgan fingerprint density at radius 3 is 2.72 bits per heavy atom. The van der Waals surface area contributed by atoms with Gasteiger partial charge < -0.3 is 15.4 Å². The van der Waals surface area contributed by atoms with Crippen LogP contribution in [-0.4, -0.2) is 49.1 Å². The van der Waals surface area contributed by atoms with E-state index in [0.29, 0.717) is 5.41 Å². The maximum absolute atomic E-state index is 5.59. The van der Waals surface area contributed by atoms with Crippen molar-refractivity contribution in [1.82, 2.24) is 20.4 Å². The van der Waals surface area contributed by atoms with Crippen LogP contribution in [0, 0.1) is 12.3 Å². The van der Waals surface area contributed by atoms with Crippen LogP contribution < -0.4 is 10.6 Å². The molecule has 1 aromatic heterocycles. The number of ether oxygens (including phenoxy) is 1. The lowest BCUT2D eigenvalue weighted by molar-refractivity contribution is 0.105. The quantitative estimate of drug-likeness (QED) is 0.256. The molecule has 25 heavy (non-hydrogen) atoms. The lowest BCUT2D eigenvalue weighted by Crippen LogP contribution is -2.44. The summed E-state index contributed by atoms with van der Waals surface area (Å²) in [6.45, 7) is 8.41. The number of hydrogen-bond donors (Lipinski definition) is 2. The van der Waals surface area contributed by atoms with E-state index >= 15 is 0 Å². The average molecular weight is 463 g/mol. The second kappa shape index (κ2) is 11.7. The van der Waals surface area contributed by atoms with Crippen molar-refractivity contribution in [3.05, 3.63) is 18.0 Å². The van der Waals surface area contributed by atoms with Crippen molar-refractivity contribution < 1.29 is 4.74 Å². The first-order chi connectivity index (χ1) is 11.7. The van der Waals surface area contributed by atoms with Gasteiger partial charge in [-0.3, -0.25) is 9.67 Å². The molecule has 1 heterocycles. The second-order valence-electron chi connectivity index (χ2n) is 6.79. The molecule has 0 unspecified atom stereocenters. The second-order valence-corrected chi connectivity index (χ2v) is 6.79. The minimum absolute atomic E-state index is 0. The SMILES string of the molecule is CCOCCC1(CNC(=NC)NCCn2cc(C)cn2)CCCC1.I. The maximum atomic E-state index is 5.59. The highest BCUT2D eigenvalue weighted by Crippen LogP contribution is 2.40. The molecule has 0 atom stereocenters. The first-order valence-electron chi connectivity index (χ1n) is 9.19. The number of guanidine groups is 1. The van der Waals surface area contributed by atoms with E-state index in [0.717, 1.165) is 45.2 Å². The molecule has 0 bridgehead atoms. The predicted molar refractivity (Wildman–Crippen MR) is 114 cm³/mol. The van der Waals surface area contributed by atoms with Crippen molar-refractivity contribution in [2.24, 2.45) is 10.4 Å². The van der Waals surface area contributed by atoms with Gasteiger partial charge in [0.2, 0.25) is 0 Å². The number of hydrogen-bond acceptors (Lipinski definition) is 3. The fraction of sp³-hybridized carbons (Fsp3) is 0.778. The summed E-state index contributed by atoms with van der Waals surface area (Å²) in [5.74, 6) is 0.876. The van der Waals surface area contributed by atoms with Crippen LogP contribution in [0.15, 0.2) is 17.4 Å². The number of aliphatic imine (C=N–C) groups is 1. The van der Waals surface area contributed by atoms with Crippen LogP contribution in [0.1, 0.15) is 44.6 Å². The van der Waals surface area contributed by atoms with Gasteiger partial charge in [0.05, 0.1) is 12.7 Å². The highest BCUT2D eigenvalue weighted by molar-refractivity contribution is 14.0. The van der Waals surface area contributed by atoms with E-state index in [9.17, 15) is 0 Å². The lowest BCUT2D eigenvalue weighted by atomic mass is 9.83. The molecule has 0 aliphatic heterocycles. The van der Waals surface area contributed by atoms with Gasteiger partial charge in [0.1, 0.15) is 0 Å². The van der Waals surface area contributed by atoms with Gasteiger partial charge in [-0.15, -0.1) is 24.0 Å². The summed E-state index contributed by atoms with van der Waals surface area (Å²) in [6, 6.07) is 0. The van der Waals surface area contributed by atoms with Crippen LogP contribution in [0.4, 0.5) is 0 Å². The van der Waals surface area contributed by atoms with E-state index in [1.807, 2.05) is 17.9 Å². The molecule has 0 saturated heterocycles. The van der Waals surface area contributed by atoms with Crippen LogP contribution in [0.25, 0.3) is 0 Å². The summed E-state index contributed by atoms with van der Waals surface area (Å²) in [6.07, 6.45) is 10.3. The average Bonchev–Trinajstić information content (AvgIpc) is 3.21. The summed E-state index contributed by atoms with van der Waals surface area (Å²) in [7, 11) is 1.83. The van der Waals surface area contributed by atoms with Crippen LogP contribution in [0.3, 0.4) is 0 Å². The number of aryl methyl sites for hydroxylation is 1. The van der Waals surface area contributed by atoms with Crippen molar-refractivity contribution in [1.29, 1.82) is 0 Å². The molecule has 1 fully saturated rings. The topological polar surface area (TPSA) is 63.5 Å². The minimum Gasteiger partial charge on any atom is -0.382 e. The molecule has 0 spiro atoms. The maximum Gasteiger partial charge on any atom is 0.191 e. The normalized spacial score (nSPS) is 16.5. The lowest BCUT2D eigenvalue weighted by Gasteiger charge is -2.30. The molecule has 0 aromatic carbocycles. The summed E-state index contributed by atoms with van der Waals surface area (Å²) >= 11 is 0. The Kier molecular flexibility index (Phi) is 10.4. The molecule has 2 rings (SSSR count). The molecule has 1 aliphatic rings. The van der Waals surface area contributed by atoms with E-state index in [4.69, 9.17) is 4.74 Å². The van der Waals surface area contributed by atoms with Crippen LogP contribution in [0.5, 0.6) is 0 Å². The van der Waals surface area contributed by atoms with Crippen LogP contribution in [-0.2, 0) is 11.3 Å². The third-order valence-electron chi connectivity index (χ3n) is 4.90. The number of nitrogens with one attached hydrogen (secondary N) is 2. The molecule has 2 N–H and O–H groups in total. The predicted octanol–water partition coefficient (Wildman–Crippen LogP) is 2.96. The third-order valence-corrected chi connectivity index (χ3v) is 4.90. The van der Waals surface area contributed by atoms with Gasteiger partial charge in [0.15, 0.2) is 5.96 Å². The summed E-state index contributed by atoms with van der Waals surface area (Å²) in [5.41, 5.74) is 1.56. The number of halogens is 1. The standard InChI is InChI=1S/C18H33N5O.HI/c1-4-24-12-9-18(7-5-6-8-18)15-21-17(19-3)20-10-11-23-14-16(2)13-22-23;/h13-14H,4-12,15H2,1-3H3,(H2,19,20,21);1H. The monoisotopic (exact) mass is 463 g/mol. The summed E-state index contributed by atoms with van der Waals surface area (Å²) in [4.78, 5) is 4.35. The van der Waals surface area contributed by atoms with E-state index in [1.165, 1.54) is 31.2 Å². The Morgan fingerprint density at radius 1 is 1.36 bits per heavy atom. The van der Waals surface area contributed by atoms with Crippen molar-refractivity contribution >= 4 is 29.9 Å². The van der Waals surface area contributed by atoms with Gasteiger partial charge in [0.25, 0.3) is 0 Å². The van der Waals surface area contributed by atoms with Crippen LogP contribution >= 0.6 is 24.0 Å². The Balaban J connectivity index is 0.00000312. The highest BCUT2D eigenvalue weighted by Gasteiger charge is 2.33. The van der Waals surface area contributed by atoms with E-state index in [-0.39, 0.29) is 24.0 Å². The molecular weight excluding hydrogens is 429 g/mol. The molecular formula is C18H34IN5O. The van der Waals surface area contributed by atoms with Gasteiger partial charge in [-0.1, -0.05) is 12.8 Å². The minimum atomic E-state index is 0. The fourth-order valence-electron chi connectivity index (χ4n) is 3.44. The molecule has 0 radical (unpaired) electrons. The molecule has 1 aromatic rings. The van der Waals surface area contributed by atoms with Crippen molar-refractivity contribution in [2.45, 2.75) is 52.5 Å². The van der Waals surface area contributed by atoms with Gasteiger partial charge in [-0.25, -0.2) is 0 Å². The molecule has 1 aliphatic carbocycles. The van der Waals surface area contributed by atoms with Crippen molar-refractivity contribution in [3.8, 4) is 0 Å². The number of aromatic nitrogens is 2. The number of nitrogens with zero attached hydrogens (tertiary/aromatic N) is 3. The Labute approximate surface area is 169 Å². The first-order valence-corrected chi connectivity index (χ1v) is 9.19. The van der Waals surface area contributed by atoms with Gasteiger partial charge in [0, 0.05) is 39.5 Å². The summed E-state index contributed by atoms with van der Waals surface area (Å²) < 4.78 is 7.54. The molecule has 0 amide bonds. The molecule has 1 saturated carbocycles. The highest BCUT2D eigenvalue weighted by atomic mass is 127. The molecule has 7 heteroatoms. The fourth-order valence-corrected chi connectivity index (χ4v) is 3.44. The van der Waals surface area contributed by atoms with Gasteiger partial charge >= 0.3 is 0 Å². The van der Waals surface area contributed by atoms with E-state index in [2.05, 4.69) is 40.8 Å². The molecule has 144 valence electrons. The zero-order valence-corrected chi connectivity index (χ0v) is 18.2. The van der Waals surface area contributed by atoms with E-state index in [1.54, 1.807) is 0 Å². The summed E-state index contributed by atoms with van der Waals surface area (Å²) in [5, 5.41) is 11.2. The van der Waals surface area contributed by atoms with Gasteiger partial charge in [-0.2, -0.15) is 5.10 Å². The Bertz CT molecular complexity index is 511. The van der Waals surface area contributed by atoms with Crippen molar-refractivity contribution in [3.63, 3.8) is 0 Å². The Morgan fingerprint density at radius 2 is 2.12 bits per heavy atom. The zero-order valence-electron chi connectivity index (χ0n) is 15.9. The Hall–Kier alpha value is -0.830. The number of rotatable bonds is 9. The largest absolute Gasteiger partial charge is 0.382 e. The van der Waals surface area contributed by atoms with Crippen LogP contribution in [0.2, 0.25) is 0 Å². The first kappa shape index (κ1) is 22.2. The van der Waals surface area contributed by atoms with E-state index < -0.39 is 0 Å². The van der Waals surface area contributed by atoms with Gasteiger partial charge in [-0.05, 0) is 44.1 Å². The molecule has 6 nitrogen and oxygen atoms in total. The smallest absolute Gasteiger partial charge is 0.191 e. The third kappa shape index (κ3) is 7.52. The van der Waals surface area contributed by atoms with Crippen molar-refractivity contribution in [2.75, 3.05) is 33.4 Å².